The van der Waals surface area contributed by atoms with E-state index >= 15 is 0 Å². The number of halogens is 5. The number of nitrogens with one attached hydrogen (secondary N) is 1. The number of amides is 1. The maximum Gasteiger partial charge on any atom is 0.573 e. The molecular weight excluding hydrogens is 476 g/mol. The average molecular weight is 487 g/mol. The van der Waals surface area contributed by atoms with Gasteiger partial charge in [0.15, 0.2) is 12.0 Å². The van der Waals surface area contributed by atoms with Crippen LogP contribution in [0.4, 0.5) is 23.2 Å². The summed E-state index contributed by atoms with van der Waals surface area (Å²) < 4.78 is 61.1. The fourth-order valence-corrected chi connectivity index (χ4v) is 2.72. The molecule has 0 saturated carbocycles. The summed E-state index contributed by atoms with van der Waals surface area (Å²) in [7, 11) is 0. The molecular formula is C19H11BrF4N2O4. The van der Waals surface area contributed by atoms with Crippen LogP contribution in [-0.2, 0) is 0 Å². The highest BCUT2D eigenvalue weighted by atomic mass is 79.9. The van der Waals surface area contributed by atoms with Crippen LogP contribution in [0.1, 0.15) is 10.4 Å². The lowest BCUT2D eigenvalue weighted by molar-refractivity contribution is -0.604. The first-order valence-corrected chi connectivity index (χ1v) is 8.93. The van der Waals surface area contributed by atoms with Crippen LogP contribution >= 0.6 is 15.9 Å². The van der Waals surface area contributed by atoms with Gasteiger partial charge in [-0.25, -0.2) is 4.39 Å². The normalized spacial score (nSPS) is 11.1. The Morgan fingerprint density at radius 1 is 1.07 bits per heavy atom. The second-order valence-electron chi connectivity index (χ2n) is 5.76. The molecule has 6 nitrogen and oxygen atoms in total. The summed E-state index contributed by atoms with van der Waals surface area (Å²) in [5.74, 6) is -2.44. The number of pyridine rings is 1. The van der Waals surface area contributed by atoms with E-state index in [1.807, 2.05) is 0 Å². The monoisotopic (exact) mass is 486 g/mol. The highest BCUT2D eigenvalue weighted by Crippen LogP contribution is 2.33. The van der Waals surface area contributed by atoms with Gasteiger partial charge < -0.3 is 20.0 Å². The lowest BCUT2D eigenvalue weighted by Gasteiger charge is -2.14. The molecule has 2 aromatic carbocycles. The molecule has 1 amide bonds. The fourth-order valence-electron chi connectivity index (χ4n) is 2.39. The number of aromatic nitrogens is 1. The van der Waals surface area contributed by atoms with Crippen molar-refractivity contribution >= 4 is 27.5 Å². The summed E-state index contributed by atoms with van der Waals surface area (Å²) in [6.45, 7) is 0. The minimum atomic E-state index is -4.85. The highest BCUT2D eigenvalue weighted by molar-refractivity contribution is 9.10. The molecule has 0 aliphatic heterocycles. The van der Waals surface area contributed by atoms with Crippen LogP contribution in [0, 0.1) is 11.0 Å². The summed E-state index contributed by atoms with van der Waals surface area (Å²) >= 11 is 2.98. The summed E-state index contributed by atoms with van der Waals surface area (Å²) in [4.78, 5) is 12.6. The Hall–Kier alpha value is -3.34. The largest absolute Gasteiger partial charge is 0.619 e. The Morgan fingerprint density at radius 2 is 1.73 bits per heavy atom. The molecule has 0 aliphatic carbocycles. The number of hydrogen-bond acceptors (Lipinski definition) is 4. The van der Waals surface area contributed by atoms with Gasteiger partial charge >= 0.3 is 6.36 Å². The molecule has 1 aromatic heterocycles. The number of carbonyl (C=O) groups excluding carboxylic acids is 1. The predicted octanol–water partition coefficient (Wildman–Crippen LogP) is 5.16. The highest BCUT2D eigenvalue weighted by Gasteiger charge is 2.31. The SMILES string of the molecule is O=C(Nc1ccc[n+]([O-])c1)c1c(Oc2ccc(OC(F)(F)F)cc2)ccc(Br)c1F. The molecule has 3 rings (SSSR count). The van der Waals surface area contributed by atoms with E-state index in [2.05, 4.69) is 26.0 Å². The van der Waals surface area contributed by atoms with Gasteiger partial charge in [0.1, 0.15) is 28.5 Å². The third-order valence-electron chi connectivity index (χ3n) is 3.60. The van der Waals surface area contributed by atoms with Gasteiger partial charge in [-0.2, -0.15) is 4.73 Å². The van der Waals surface area contributed by atoms with Crippen molar-refractivity contribution in [3.05, 3.63) is 82.0 Å². The van der Waals surface area contributed by atoms with E-state index < -0.39 is 29.4 Å². The van der Waals surface area contributed by atoms with Crippen LogP contribution in [-0.4, -0.2) is 12.3 Å². The van der Waals surface area contributed by atoms with Crippen molar-refractivity contribution in [2.75, 3.05) is 5.32 Å². The van der Waals surface area contributed by atoms with Crippen molar-refractivity contribution in [2.45, 2.75) is 6.36 Å². The lowest BCUT2D eigenvalue weighted by Crippen LogP contribution is -2.25. The molecule has 0 unspecified atom stereocenters. The summed E-state index contributed by atoms with van der Waals surface area (Å²) in [5.41, 5.74) is -0.349. The van der Waals surface area contributed by atoms with Gasteiger partial charge in [0, 0.05) is 6.07 Å². The first-order chi connectivity index (χ1) is 14.1. The van der Waals surface area contributed by atoms with E-state index in [0.29, 0.717) is 4.73 Å². The molecule has 0 fully saturated rings. The fraction of sp³-hybridized carbons (Fsp3) is 0.0526. The predicted molar refractivity (Wildman–Crippen MR) is 101 cm³/mol. The number of nitrogens with zero attached hydrogens (tertiary/aromatic N) is 1. The number of rotatable bonds is 5. The van der Waals surface area contributed by atoms with Crippen molar-refractivity contribution < 1.29 is 36.6 Å². The third kappa shape index (κ3) is 5.38. The molecule has 0 saturated heterocycles. The van der Waals surface area contributed by atoms with Crippen LogP contribution in [0.2, 0.25) is 0 Å². The van der Waals surface area contributed by atoms with Gasteiger partial charge in [-0.05, 0) is 58.4 Å². The Morgan fingerprint density at radius 3 is 2.37 bits per heavy atom. The smallest absolute Gasteiger partial charge is 0.573 e. The summed E-state index contributed by atoms with van der Waals surface area (Å²) in [6, 6.07) is 9.78. The molecule has 0 aliphatic rings. The summed E-state index contributed by atoms with van der Waals surface area (Å²) in [6.07, 6.45) is -2.56. The molecule has 0 bridgehead atoms. The van der Waals surface area contributed by atoms with E-state index in [1.165, 1.54) is 42.6 Å². The zero-order valence-electron chi connectivity index (χ0n) is 14.7. The van der Waals surface area contributed by atoms with Crippen LogP contribution < -0.4 is 19.5 Å². The van der Waals surface area contributed by atoms with Crippen LogP contribution in [0.25, 0.3) is 0 Å². The molecule has 1 N–H and O–H groups in total. The number of ether oxygens (including phenoxy) is 2. The van der Waals surface area contributed by atoms with E-state index in [4.69, 9.17) is 4.74 Å². The Labute approximate surface area is 175 Å². The Kier molecular flexibility index (Phi) is 6.11. The molecule has 11 heteroatoms. The van der Waals surface area contributed by atoms with Crippen molar-refractivity contribution in [3.63, 3.8) is 0 Å². The Bertz CT molecular complexity index is 1080. The molecule has 156 valence electrons. The van der Waals surface area contributed by atoms with Gasteiger partial charge in [-0.15, -0.1) is 13.2 Å². The van der Waals surface area contributed by atoms with Crippen molar-refractivity contribution in [3.8, 4) is 17.2 Å². The summed E-state index contributed by atoms with van der Waals surface area (Å²) in [5, 5.41) is 13.7. The first-order valence-electron chi connectivity index (χ1n) is 8.14. The number of hydrogen-bond donors (Lipinski definition) is 1. The molecule has 3 aromatic rings. The minimum absolute atomic E-state index is 0.0131. The van der Waals surface area contributed by atoms with E-state index in [1.54, 1.807) is 0 Å². The van der Waals surface area contributed by atoms with Crippen molar-refractivity contribution in [2.24, 2.45) is 0 Å². The van der Waals surface area contributed by atoms with Crippen LogP contribution in [0.3, 0.4) is 0 Å². The maximum absolute atomic E-state index is 14.6. The average Bonchev–Trinajstić information content (AvgIpc) is 2.65. The van der Waals surface area contributed by atoms with Gasteiger partial charge in [-0.1, -0.05) is 0 Å². The Balaban J connectivity index is 1.87. The molecule has 0 radical (unpaired) electrons. The number of benzene rings is 2. The molecule has 0 atom stereocenters. The van der Waals surface area contributed by atoms with Crippen LogP contribution in [0.15, 0.2) is 65.4 Å². The second kappa shape index (κ2) is 8.57. The first kappa shape index (κ1) is 21.4. The van der Waals surface area contributed by atoms with E-state index in [-0.39, 0.29) is 21.7 Å². The van der Waals surface area contributed by atoms with Crippen molar-refractivity contribution in [1.82, 2.24) is 0 Å². The van der Waals surface area contributed by atoms with Gasteiger partial charge in [0.25, 0.3) is 5.91 Å². The third-order valence-corrected chi connectivity index (χ3v) is 4.21. The number of carbonyl (C=O) groups is 1. The molecule has 30 heavy (non-hydrogen) atoms. The number of alkyl halides is 3. The second-order valence-corrected chi connectivity index (χ2v) is 6.62. The molecule has 1 heterocycles. The van der Waals surface area contributed by atoms with E-state index in [9.17, 15) is 27.6 Å². The van der Waals surface area contributed by atoms with E-state index in [0.717, 1.165) is 18.3 Å². The topological polar surface area (TPSA) is 74.5 Å². The zero-order valence-corrected chi connectivity index (χ0v) is 16.3. The maximum atomic E-state index is 14.6. The zero-order chi connectivity index (χ0) is 21.9. The van der Waals surface area contributed by atoms with Crippen LogP contribution in [0.5, 0.6) is 17.2 Å². The minimum Gasteiger partial charge on any atom is -0.619 e. The van der Waals surface area contributed by atoms with Gasteiger partial charge in [-0.3, -0.25) is 4.79 Å². The lowest BCUT2D eigenvalue weighted by atomic mass is 10.1. The number of anilines is 1. The standard InChI is InChI=1S/C19H11BrF4N2O4/c20-14-7-8-15(29-12-3-5-13(6-4-12)30-19(22,23)24)16(17(14)21)18(27)25-11-2-1-9-26(28)10-11/h1-10H,(H,25,27). The van der Waals surface area contributed by atoms with Crippen molar-refractivity contribution in [1.29, 1.82) is 0 Å². The quantitative estimate of drug-likeness (QED) is 0.307. The molecule has 0 spiro atoms. The van der Waals surface area contributed by atoms with Gasteiger partial charge in [0.05, 0.1) is 4.47 Å². The van der Waals surface area contributed by atoms with Gasteiger partial charge in [0.2, 0.25) is 6.20 Å².